The molecule has 0 unspecified atom stereocenters. The van der Waals surface area contributed by atoms with Gasteiger partial charge in [-0.25, -0.2) is 0 Å². The van der Waals surface area contributed by atoms with Crippen LogP contribution in [0.5, 0.6) is 6.01 Å². The quantitative estimate of drug-likeness (QED) is 0.782. The molecule has 8 nitrogen and oxygen atoms in total. The number of carbonyl (C=O) groups excluding carboxylic acids is 1. The highest BCUT2D eigenvalue weighted by molar-refractivity contribution is 5.76. The SMILES string of the molecule is CCCNc1nc(OC)nc(N2CCC(C(N)=O)CC2)n1. The number of primary amides is 1. The Kier molecular flexibility index (Phi) is 5.13. The summed E-state index contributed by atoms with van der Waals surface area (Å²) in [6.07, 6.45) is 2.43. The van der Waals surface area contributed by atoms with Crippen molar-refractivity contribution in [1.29, 1.82) is 0 Å². The first-order valence-electron chi connectivity index (χ1n) is 7.22. The van der Waals surface area contributed by atoms with Gasteiger partial charge in [0.2, 0.25) is 17.8 Å². The molecule has 21 heavy (non-hydrogen) atoms. The van der Waals surface area contributed by atoms with Crippen molar-refractivity contribution in [3.05, 3.63) is 0 Å². The summed E-state index contributed by atoms with van der Waals surface area (Å²) < 4.78 is 5.12. The average Bonchev–Trinajstić information content (AvgIpc) is 2.52. The molecule has 0 saturated carbocycles. The van der Waals surface area contributed by atoms with E-state index in [-0.39, 0.29) is 17.8 Å². The third-order valence-corrected chi connectivity index (χ3v) is 3.50. The molecule has 1 aliphatic heterocycles. The fourth-order valence-corrected chi connectivity index (χ4v) is 2.26. The molecule has 0 atom stereocenters. The van der Waals surface area contributed by atoms with Crippen molar-refractivity contribution in [3.63, 3.8) is 0 Å². The Balaban J connectivity index is 2.10. The number of amides is 1. The highest BCUT2D eigenvalue weighted by Crippen LogP contribution is 2.22. The van der Waals surface area contributed by atoms with Gasteiger partial charge in [0.1, 0.15) is 0 Å². The molecule has 2 heterocycles. The molecule has 0 radical (unpaired) electrons. The van der Waals surface area contributed by atoms with E-state index in [4.69, 9.17) is 10.5 Å². The van der Waals surface area contributed by atoms with Gasteiger partial charge in [-0.3, -0.25) is 4.79 Å². The predicted molar refractivity (Wildman–Crippen MR) is 79.3 cm³/mol. The van der Waals surface area contributed by atoms with Gasteiger partial charge < -0.3 is 20.7 Å². The van der Waals surface area contributed by atoms with Gasteiger partial charge in [0.25, 0.3) is 0 Å². The van der Waals surface area contributed by atoms with Crippen LogP contribution in [-0.4, -0.2) is 47.6 Å². The van der Waals surface area contributed by atoms with Crippen molar-refractivity contribution in [3.8, 4) is 6.01 Å². The number of nitrogens with two attached hydrogens (primary N) is 1. The first kappa shape index (κ1) is 15.3. The van der Waals surface area contributed by atoms with E-state index in [1.807, 2.05) is 4.90 Å². The second kappa shape index (κ2) is 7.05. The van der Waals surface area contributed by atoms with Crippen LogP contribution in [0.2, 0.25) is 0 Å². The van der Waals surface area contributed by atoms with Crippen LogP contribution in [0.15, 0.2) is 0 Å². The largest absolute Gasteiger partial charge is 0.467 e. The summed E-state index contributed by atoms with van der Waals surface area (Å²) in [5.41, 5.74) is 5.35. The third kappa shape index (κ3) is 3.93. The Morgan fingerprint density at radius 3 is 2.67 bits per heavy atom. The van der Waals surface area contributed by atoms with Gasteiger partial charge >= 0.3 is 6.01 Å². The lowest BCUT2D eigenvalue weighted by atomic mass is 9.96. The van der Waals surface area contributed by atoms with Crippen LogP contribution in [0.4, 0.5) is 11.9 Å². The van der Waals surface area contributed by atoms with Crippen LogP contribution < -0.4 is 20.7 Å². The van der Waals surface area contributed by atoms with E-state index < -0.39 is 0 Å². The van der Waals surface area contributed by atoms with Crippen molar-refractivity contribution in [1.82, 2.24) is 15.0 Å². The van der Waals surface area contributed by atoms with Crippen molar-refractivity contribution in [2.24, 2.45) is 11.7 Å². The molecule has 1 aliphatic rings. The molecule has 3 N–H and O–H groups in total. The number of carbonyl (C=O) groups is 1. The van der Waals surface area contributed by atoms with Gasteiger partial charge in [0, 0.05) is 25.6 Å². The summed E-state index contributed by atoms with van der Waals surface area (Å²) in [6.45, 7) is 4.26. The maximum Gasteiger partial charge on any atom is 0.322 e. The van der Waals surface area contributed by atoms with Crippen LogP contribution in [0.3, 0.4) is 0 Å². The Labute approximate surface area is 124 Å². The van der Waals surface area contributed by atoms with E-state index in [1.54, 1.807) is 0 Å². The van der Waals surface area contributed by atoms with Crippen LogP contribution >= 0.6 is 0 Å². The van der Waals surface area contributed by atoms with Gasteiger partial charge in [0.15, 0.2) is 0 Å². The lowest BCUT2D eigenvalue weighted by Crippen LogP contribution is -2.39. The minimum absolute atomic E-state index is 0.0531. The van der Waals surface area contributed by atoms with Gasteiger partial charge in [-0.15, -0.1) is 0 Å². The third-order valence-electron chi connectivity index (χ3n) is 3.50. The Bertz CT molecular complexity index is 488. The highest BCUT2D eigenvalue weighted by atomic mass is 16.5. The molecule has 0 aliphatic carbocycles. The zero-order valence-electron chi connectivity index (χ0n) is 12.5. The van der Waals surface area contributed by atoms with E-state index in [0.29, 0.717) is 25.0 Å². The van der Waals surface area contributed by atoms with Crippen molar-refractivity contribution < 1.29 is 9.53 Å². The molecule has 2 rings (SSSR count). The number of rotatable bonds is 6. The van der Waals surface area contributed by atoms with Gasteiger partial charge in [-0.1, -0.05) is 6.92 Å². The lowest BCUT2D eigenvalue weighted by molar-refractivity contribution is -0.122. The number of nitrogens with zero attached hydrogens (tertiary/aromatic N) is 4. The first-order chi connectivity index (χ1) is 10.1. The number of anilines is 2. The van der Waals surface area contributed by atoms with Crippen molar-refractivity contribution >= 4 is 17.8 Å². The number of nitrogens with one attached hydrogen (secondary N) is 1. The fourth-order valence-electron chi connectivity index (χ4n) is 2.26. The summed E-state index contributed by atoms with van der Waals surface area (Å²) in [4.78, 5) is 26.1. The number of aromatic nitrogens is 3. The minimum atomic E-state index is -0.229. The summed E-state index contributed by atoms with van der Waals surface area (Å²) in [5.74, 6) is 0.801. The molecule has 8 heteroatoms. The molecule has 0 aromatic carbocycles. The summed E-state index contributed by atoms with van der Waals surface area (Å²) in [7, 11) is 1.53. The number of methoxy groups -OCH3 is 1. The maximum atomic E-state index is 11.2. The number of ether oxygens (including phenoxy) is 1. The Hall–Kier alpha value is -2.12. The number of piperidine rings is 1. The average molecular weight is 294 g/mol. The van der Waals surface area contributed by atoms with Gasteiger partial charge in [-0.2, -0.15) is 15.0 Å². The Morgan fingerprint density at radius 1 is 1.38 bits per heavy atom. The number of hydrogen-bond donors (Lipinski definition) is 2. The molecule has 0 spiro atoms. The second-order valence-corrected chi connectivity index (χ2v) is 5.04. The van der Waals surface area contributed by atoms with Crippen molar-refractivity contribution in [2.45, 2.75) is 26.2 Å². The monoisotopic (exact) mass is 294 g/mol. The van der Waals surface area contributed by atoms with E-state index in [9.17, 15) is 4.79 Å². The zero-order valence-corrected chi connectivity index (χ0v) is 12.5. The van der Waals surface area contributed by atoms with Crippen LogP contribution in [-0.2, 0) is 4.79 Å². The van der Waals surface area contributed by atoms with E-state index >= 15 is 0 Å². The summed E-state index contributed by atoms with van der Waals surface area (Å²) in [6, 6.07) is 0.288. The zero-order chi connectivity index (χ0) is 15.2. The van der Waals surface area contributed by atoms with Gasteiger partial charge in [0.05, 0.1) is 7.11 Å². The fraction of sp³-hybridized carbons (Fsp3) is 0.692. The molecule has 116 valence electrons. The van der Waals surface area contributed by atoms with Crippen LogP contribution in [0.1, 0.15) is 26.2 Å². The van der Waals surface area contributed by atoms with E-state index in [2.05, 4.69) is 27.2 Å². The summed E-state index contributed by atoms with van der Waals surface area (Å²) >= 11 is 0. The molecule has 1 aromatic heterocycles. The van der Waals surface area contributed by atoms with Crippen molar-refractivity contribution in [2.75, 3.05) is 37.0 Å². The molecule has 0 bridgehead atoms. The van der Waals surface area contributed by atoms with Crippen LogP contribution in [0, 0.1) is 5.92 Å². The van der Waals surface area contributed by atoms with Gasteiger partial charge in [-0.05, 0) is 19.3 Å². The second-order valence-electron chi connectivity index (χ2n) is 5.04. The standard InChI is InChI=1S/C13H22N6O2/c1-3-6-15-11-16-12(18-13(17-11)21-2)19-7-4-9(5-8-19)10(14)20/h9H,3-8H2,1-2H3,(H2,14,20)(H,15,16,17,18). The molecular weight excluding hydrogens is 272 g/mol. The molecule has 1 saturated heterocycles. The molecule has 1 amide bonds. The molecule has 1 fully saturated rings. The van der Waals surface area contributed by atoms with E-state index in [0.717, 1.165) is 25.8 Å². The lowest BCUT2D eigenvalue weighted by Gasteiger charge is -2.30. The minimum Gasteiger partial charge on any atom is -0.467 e. The first-order valence-corrected chi connectivity index (χ1v) is 7.22. The summed E-state index contributed by atoms with van der Waals surface area (Å²) in [5, 5.41) is 3.13. The molecule has 1 aromatic rings. The van der Waals surface area contributed by atoms with E-state index in [1.165, 1.54) is 7.11 Å². The normalized spacial score (nSPS) is 15.8. The topological polar surface area (TPSA) is 106 Å². The number of hydrogen-bond acceptors (Lipinski definition) is 7. The Morgan fingerprint density at radius 2 is 2.10 bits per heavy atom. The smallest absolute Gasteiger partial charge is 0.322 e. The predicted octanol–water partition coefficient (Wildman–Crippen LogP) is 0.404. The maximum absolute atomic E-state index is 11.2. The van der Waals surface area contributed by atoms with Crippen LogP contribution in [0.25, 0.3) is 0 Å². The highest BCUT2D eigenvalue weighted by Gasteiger charge is 2.25. The molecular formula is C13H22N6O2.